The third kappa shape index (κ3) is 7.75. The molecule has 0 aromatic rings. The van der Waals surface area contributed by atoms with Gasteiger partial charge in [-0.15, -0.1) is 0 Å². The quantitative estimate of drug-likeness (QED) is 0.429. The summed E-state index contributed by atoms with van der Waals surface area (Å²) in [6.07, 6.45) is -5.67. The third-order valence-corrected chi connectivity index (χ3v) is 0.920. The van der Waals surface area contributed by atoms with Gasteiger partial charge >= 0.3 is 14.4 Å². The van der Waals surface area contributed by atoms with E-state index in [0.717, 1.165) is 0 Å². The lowest BCUT2D eigenvalue weighted by Crippen LogP contribution is -1.99. The molecule has 0 nitrogen and oxygen atoms in total. The van der Waals surface area contributed by atoms with E-state index in [1.54, 1.807) is 0 Å². The largest absolute Gasteiger partial charge is 0.595 e. The van der Waals surface area contributed by atoms with Crippen LogP contribution in [0.5, 0.6) is 0 Å². The van der Waals surface area contributed by atoms with Crippen molar-refractivity contribution < 1.29 is 25.8 Å². The summed E-state index contributed by atoms with van der Waals surface area (Å²) in [6.45, 7) is 0. The molecule has 0 atom stereocenters. The molecule has 0 aromatic carbocycles. The minimum Gasteiger partial charge on any atom is -0.167 e. The van der Waals surface area contributed by atoms with Crippen LogP contribution < -0.4 is 0 Å². The Morgan fingerprint density at radius 1 is 1.00 bits per heavy atom. The number of hydrogen-bond donors (Lipinski definition) is 0. The molecular formula is C3H2F6P+. The maximum Gasteiger partial charge on any atom is 0.595 e. The van der Waals surface area contributed by atoms with Gasteiger partial charge in [0.05, 0.1) is 6.08 Å². The highest BCUT2D eigenvalue weighted by atomic mass is 31.3. The van der Waals surface area contributed by atoms with Crippen LogP contribution in [0, 0.1) is 0 Å². The zero-order chi connectivity index (χ0) is 8.41. The molecule has 0 heterocycles. The van der Waals surface area contributed by atoms with Crippen molar-refractivity contribution in [2.45, 2.75) is 6.18 Å². The lowest BCUT2D eigenvalue weighted by molar-refractivity contribution is -0.0797. The number of halogens is 6. The van der Waals surface area contributed by atoms with Crippen molar-refractivity contribution in [1.29, 1.82) is 0 Å². The van der Waals surface area contributed by atoms with E-state index in [4.69, 9.17) is 0 Å². The second-order valence-corrected chi connectivity index (χ2v) is 2.61. The predicted molar refractivity (Wildman–Crippen MR) is 25.4 cm³/mol. The summed E-state index contributed by atoms with van der Waals surface area (Å²) in [5, 5.41) is 0. The number of alkyl halides is 3. The lowest BCUT2D eigenvalue weighted by Gasteiger charge is -1.93. The Hall–Kier alpha value is -0.250. The lowest BCUT2D eigenvalue weighted by atomic mass is 10.6. The molecule has 0 bridgehead atoms. The summed E-state index contributed by atoms with van der Waals surface area (Å²) in [5.41, 5.74) is 0. The smallest absolute Gasteiger partial charge is 0.167 e. The molecule has 0 fully saturated rings. The van der Waals surface area contributed by atoms with Crippen LogP contribution in [-0.2, 0) is 0 Å². The average molecular weight is 183 g/mol. The molecule has 60 valence electrons. The van der Waals surface area contributed by atoms with Gasteiger partial charge in [-0.05, 0) is 0 Å². The molecule has 7 heteroatoms. The topological polar surface area (TPSA) is 0 Å². The highest BCUT2D eigenvalue weighted by Crippen LogP contribution is 2.66. The molecule has 0 spiro atoms. The first-order chi connectivity index (χ1) is 4.21. The van der Waals surface area contributed by atoms with Crippen LogP contribution in [0.2, 0.25) is 0 Å². The van der Waals surface area contributed by atoms with Crippen LogP contribution in [0.4, 0.5) is 25.8 Å². The third-order valence-electron chi connectivity index (χ3n) is 0.433. The van der Waals surface area contributed by atoms with Gasteiger partial charge in [0.1, 0.15) is 0 Å². The summed E-state index contributed by atoms with van der Waals surface area (Å²) in [5.74, 6) is -0.743. The van der Waals surface area contributed by atoms with Crippen molar-refractivity contribution in [3.63, 3.8) is 0 Å². The number of hydrogen-bond acceptors (Lipinski definition) is 0. The first-order valence-corrected chi connectivity index (χ1v) is 3.48. The van der Waals surface area contributed by atoms with Crippen LogP contribution in [0.25, 0.3) is 0 Å². The second-order valence-electron chi connectivity index (χ2n) is 1.34. The van der Waals surface area contributed by atoms with Gasteiger partial charge < -0.3 is 0 Å². The molecule has 0 unspecified atom stereocenters. The summed E-state index contributed by atoms with van der Waals surface area (Å²) in [4.78, 5) is 0. The van der Waals surface area contributed by atoms with Gasteiger partial charge in [0.25, 0.3) is 0 Å². The zero-order valence-electron chi connectivity index (χ0n) is 4.37. The summed E-state index contributed by atoms with van der Waals surface area (Å²) >= 11 is 0. The fourth-order valence-electron chi connectivity index (χ4n) is 0.169. The van der Waals surface area contributed by atoms with E-state index in [0.29, 0.717) is 0 Å². The van der Waals surface area contributed by atoms with E-state index in [1.807, 2.05) is 0 Å². The van der Waals surface area contributed by atoms with Crippen LogP contribution >= 0.6 is 8.19 Å². The van der Waals surface area contributed by atoms with Gasteiger partial charge in [-0.1, -0.05) is 0 Å². The van der Waals surface area contributed by atoms with Crippen LogP contribution in [0.3, 0.4) is 0 Å². The maximum atomic E-state index is 11.1. The highest BCUT2D eigenvalue weighted by Gasteiger charge is 2.41. The van der Waals surface area contributed by atoms with Gasteiger partial charge in [-0.3, -0.25) is 0 Å². The Balaban J connectivity index is 4.01. The van der Waals surface area contributed by atoms with Crippen molar-refractivity contribution in [3.8, 4) is 0 Å². The average Bonchev–Trinajstić information content (AvgIpc) is 1.57. The van der Waals surface area contributed by atoms with Gasteiger partial charge in [0.2, 0.25) is 0 Å². The van der Waals surface area contributed by atoms with E-state index >= 15 is 0 Å². The Kier molecular flexibility index (Phi) is 2.71. The van der Waals surface area contributed by atoms with Gasteiger partial charge in [-0.2, -0.15) is 13.2 Å². The Morgan fingerprint density at radius 3 is 1.50 bits per heavy atom. The monoisotopic (exact) mass is 183 g/mol. The number of rotatable bonds is 1. The summed E-state index contributed by atoms with van der Waals surface area (Å²) < 4.78 is 66.4. The fraction of sp³-hybridized carbons (Fsp3) is 0.333. The molecule has 0 aromatic heterocycles. The predicted octanol–water partition coefficient (Wildman–Crippen LogP) is 3.73. The van der Waals surface area contributed by atoms with Crippen molar-refractivity contribution in [3.05, 3.63) is 11.9 Å². The normalized spacial score (nSPS) is 14.6. The second kappa shape index (κ2) is 2.78. The van der Waals surface area contributed by atoms with E-state index in [9.17, 15) is 25.8 Å². The standard InChI is InChI=1S/C3H2F6P/c4-3(5,6)1-2-10(7,8)9/h1-2H/q+1. The Morgan fingerprint density at radius 2 is 1.40 bits per heavy atom. The molecule has 0 amide bonds. The molecule has 0 saturated carbocycles. The van der Waals surface area contributed by atoms with Crippen molar-refractivity contribution in [2.24, 2.45) is 0 Å². The molecule has 0 rings (SSSR count). The fourth-order valence-corrected chi connectivity index (χ4v) is 0.507. The SMILES string of the molecule is FC(F)(F)C=C[P+](F)(F)F. The molecule has 0 aliphatic heterocycles. The Labute approximate surface area is 53.2 Å². The molecular weight excluding hydrogens is 181 g/mol. The number of allylic oxidation sites excluding steroid dienone is 1. The van der Waals surface area contributed by atoms with Crippen molar-refractivity contribution in [1.82, 2.24) is 0 Å². The van der Waals surface area contributed by atoms with E-state index in [1.165, 1.54) is 0 Å². The van der Waals surface area contributed by atoms with Crippen LogP contribution in [0.15, 0.2) is 11.9 Å². The van der Waals surface area contributed by atoms with E-state index < -0.39 is 26.3 Å². The van der Waals surface area contributed by atoms with E-state index in [-0.39, 0.29) is 0 Å². The van der Waals surface area contributed by atoms with Crippen molar-refractivity contribution in [2.75, 3.05) is 0 Å². The minimum absolute atomic E-state index is 0.743. The maximum absolute atomic E-state index is 11.1. The van der Waals surface area contributed by atoms with Crippen molar-refractivity contribution >= 4 is 8.19 Å². The van der Waals surface area contributed by atoms with Gasteiger partial charge in [-0.25, -0.2) is 0 Å². The molecule has 10 heavy (non-hydrogen) atoms. The Bertz CT molecular complexity index is 113. The minimum atomic E-state index is -5.91. The highest BCUT2D eigenvalue weighted by molar-refractivity contribution is 7.63. The van der Waals surface area contributed by atoms with Crippen LogP contribution in [0.1, 0.15) is 0 Å². The summed E-state index contributed by atoms with van der Waals surface area (Å²) in [6, 6.07) is 0. The summed E-state index contributed by atoms with van der Waals surface area (Å²) in [7, 11) is -5.91. The first-order valence-electron chi connectivity index (χ1n) is 1.95. The molecule has 0 aliphatic carbocycles. The van der Waals surface area contributed by atoms with Crippen LogP contribution in [-0.4, -0.2) is 6.18 Å². The molecule has 0 N–H and O–H groups in total. The molecule has 0 radical (unpaired) electrons. The molecule has 0 saturated heterocycles. The van der Waals surface area contributed by atoms with Gasteiger partial charge in [0, 0.05) is 12.6 Å². The molecule has 0 aliphatic rings. The van der Waals surface area contributed by atoms with E-state index in [2.05, 4.69) is 0 Å². The van der Waals surface area contributed by atoms with Gasteiger partial charge in [0.15, 0.2) is 5.82 Å². The first kappa shape index (κ1) is 9.75. The zero-order valence-corrected chi connectivity index (χ0v) is 5.26.